The van der Waals surface area contributed by atoms with Gasteiger partial charge in [0.05, 0.1) is 10.6 Å². The van der Waals surface area contributed by atoms with Gasteiger partial charge in [0.1, 0.15) is 5.75 Å². The van der Waals surface area contributed by atoms with Crippen LogP contribution in [0.25, 0.3) is 0 Å². The lowest BCUT2D eigenvalue weighted by atomic mass is 10.1. The van der Waals surface area contributed by atoms with Crippen molar-refractivity contribution in [1.29, 1.82) is 0 Å². The average Bonchev–Trinajstić information content (AvgIpc) is 2.26. The number of nitrogens with zero attached hydrogens (tertiary/aromatic N) is 2. The first-order valence-corrected chi connectivity index (χ1v) is 5.65. The van der Waals surface area contributed by atoms with Crippen molar-refractivity contribution in [2.24, 2.45) is 0 Å². The second-order valence-electron chi connectivity index (χ2n) is 5.17. The van der Waals surface area contributed by atoms with Crippen LogP contribution in [0.5, 0.6) is 5.75 Å². The van der Waals surface area contributed by atoms with Crippen LogP contribution in [-0.4, -0.2) is 28.6 Å². The smallest absolute Gasteiger partial charge is 0.322 e. The summed E-state index contributed by atoms with van der Waals surface area (Å²) in [5, 5.41) is 23.1. The average molecular weight is 267 g/mol. The van der Waals surface area contributed by atoms with Crippen LogP contribution in [-0.2, 0) is 0 Å². The molecule has 0 atom stereocenters. The zero-order chi connectivity index (χ0) is 14.8. The lowest BCUT2D eigenvalue weighted by Crippen LogP contribution is -2.47. The SMILES string of the molecule is CN(C(=O)NC(C)(C)C)c1cc([N+](=O)[O-])ccc1O. The molecule has 7 heteroatoms. The molecule has 19 heavy (non-hydrogen) atoms. The molecule has 104 valence electrons. The number of anilines is 1. The molecule has 2 amide bonds. The minimum absolute atomic E-state index is 0.0796. The molecule has 0 aromatic heterocycles. The Morgan fingerprint density at radius 2 is 2.00 bits per heavy atom. The monoisotopic (exact) mass is 267 g/mol. The number of phenolic OH excluding ortho intramolecular Hbond substituents is 1. The zero-order valence-electron chi connectivity index (χ0n) is 11.3. The number of aromatic hydroxyl groups is 1. The van der Waals surface area contributed by atoms with E-state index in [4.69, 9.17) is 0 Å². The molecule has 0 aliphatic carbocycles. The van der Waals surface area contributed by atoms with Crippen LogP contribution in [0.1, 0.15) is 20.8 Å². The Morgan fingerprint density at radius 3 is 2.47 bits per heavy atom. The molecular formula is C12H17N3O4. The quantitative estimate of drug-likeness (QED) is 0.634. The van der Waals surface area contributed by atoms with Crippen molar-refractivity contribution in [3.05, 3.63) is 28.3 Å². The number of nitro groups is 1. The minimum atomic E-state index is -0.585. The van der Waals surface area contributed by atoms with E-state index >= 15 is 0 Å². The highest BCUT2D eigenvalue weighted by molar-refractivity contribution is 5.93. The van der Waals surface area contributed by atoms with Crippen molar-refractivity contribution in [3.8, 4) is 5.75 Å². The first kappa shape index (κ1) is 14.7. The second kappa shape index (κ2) is 5.13. The first-order chi connectivity index (χ1) is 8.61. The Kier molecular flexibility index (Phi) is 3.98. The van der Waals surface area contributed by atoms with Crippen molar-refractivity contribution in [3.63, 3.8) is 0 Å². The van der Waals surface area contributed by atoms with E-state index in [-0.39, 0.29) is 17.1 Å². The molecule has 0 radical (unpaired) electrons. The van der Waals surface area contributed by atoms with E-state index in [0.29, 0.717) is 0 Å². The van der Waals surface area contributed by atoms with Crippen molar-refractivity contribution in [1.82, 2.24) is 5.32 Å². The highest BCUT2D eigenvalue weighted by Crippen LogP contribution is 2.30. The molecule has 0 saturated carbocycles. The molecule has 0 unspecified atom stereocenters. The van der Waals surface area contributed by atoms with Gasteiger partial charge < -0.3 is 10.4 Å². The van der Waals surface area contributed by atoms with Gasteiger partial charge in [-0.2, -0.15) is 0 Å². The molecule has 0 aliphatic rings. The maximum absolute atomic E-state index is 11.9. The summed E-state index contributed by atoms with van der Waals surface area (Å²) in [6.07, 6.45) is 0. The molecule has 7 nitrogen and oxygen atoms in total. The third kappa shape index (κ3) is 3.84. The maximum atomic E-state index is 11.9. The summed E-state index contributed by atoms with van der Waals surface area (Å²) in [7, 11) is 1.43. The number of amides is 2. The number of rotatable bonds is 2. The highest BCUT2D eigenvalue weighted by Gasteiger charge is 2.21. The van der Waals surface area contributed by atoms with Gasteiger partial charge in [-0.1, -0.05) is 0 Å². The Morgan fingerprint density at radius 1 is 1.42 bits per heavy atom. The van der Waals surface area contributed by atoms with Gasteiger partial charge >= 0.3 is 6.03 Å². The van der Waals surface area contributed by atoms with Gasteiger partial charge in [-0.25, -0.2) is 4.79 Å². The topological polar surface area (TPSA) is 95.7 Å². The minimum Gasteiger partial charge on any atom is -0.506 e. The molecule has 0 bridgehead atoms. The number of benzene rings is 1. The number of nitrogens with one attached hydrogen (secondary N) is 1. The van der Waals surface area contributed by atoms with Gasteiger partial charge in [0, 0.05) is 24.7 Å². The Hall–Kier alpha value is -2.31. The van der Waals surface area contributed by atoms with Crippen LogP contribution in [0.3, 0.4) is 0 Å². The summed E-state index contributed by atoms with van der Waals surface area (Å²) in [6, 6.07) is 3.06. The Labute approximate surface area is 111 Å². The van der Waals surface area contributed by atoms with Gasteiger partial charge in [0.15, 0.2) is 0 Å². The van der Waals surface area contributed by atoms with Crippen LogP contribution in [0.4, 0.5) is 16.2 Å². The first-order valence-electron chi connectivity index (χ1n) is 5.65. The fraction of sp³-hybridized carbons (Fsp3) is 0.417. The van der Waals surface area contributed by atoms with E-state index in [1.54, 1.807) is 0 Å². The Bertz CT molecular complexity index is 508. The van der Waals surface area contributed by atoms with E-state index < -0.39 is 16.5 Å². The number of phenols is 1. The van der Waals surface area contributed by atoms with Crippen molar-refractivity contribution >= 4 is 17.4 Å². The van der Waals surface area contributed by atoms with Crippen LogP contribution in [0, 0.1) is 10.1 Å². The van der Waals surface area contributed by atoms with E-state index in [1.165, 1.54) is 19.2 Å². The van der Waals surface area contributed by atoms with Gasteiger partial charge in [-0.15, -0.1) is 0 Å². The summed E-state index contributed by atoms with van der Waals surface area (Å²) in [5.74, 6) is -0.197. The van der Waals surface area contributed by atoms with Crippen molar-refractivity contribution in [2.45, 2.75) is 26.3 Å². The van der Waals surface area contributed by atoms with Crippen LogP contribution in [0.15, 0.2) is 18.2 Å². The predicted octanol–water partition coefficient (Wildman–Crippen LogP) is 2.24. The van der Waals surface area contributed by atoms with E-state index in [0.717, 1.165) is 11.0 Å². The number of non-ortho nitro benzene ring substituents is 1. The van der Waals surface area contributed by atoms with E-state index in [9.17, 15) is 20.0 Å². The molecule has 1 aromatic rings. The van der Waals surface area contributed by atoms with Crippen molar-refractivity contribution < 1.29 is 14.8 Å². The molecule has 1 aromatic carbocycles. The van der Waals surface area contributed by atoms with Gasteiger partial charge in [0.25, 0.3) is 5.69 Å². The van der Waals surface area contributed by atoms with Gasteiger partial charge in [-0.05, 0) is 26.8 Å². The van der Waals surface area contributed by atoms with E-state index in [1.807, 2.05) is 20.8 Å². The fourth-order valence-electron chi connectivity index (χ4n) is 1.41. The third-order valence-electron chi connectivity index (χ3n) is 2.32. The van der Waals surface area contributed by atoms with Crippen molar-refractivity contribution in [2.75, 3.05) is 11.9 Å². The maximum Gasteiger partial charge on any atom is 0.322 e. The number of hydrogen-bond donors (Lipinski definition) is 2. The summed E-state index contributed by atoms with van der Waals surface area (Å²) >= 11 is 0. The van der Waals surface area contributed by atoms with Gasteiger partial charge in [0.2, 0.25) is 0 Å². The molecule has 0 fully saturated rings. The number of urea groups is 1. The number of hydrogen-bond acceptors (Lipinski definition) is 4. The molecule has 1 rings (SSSR count). The molecule has 0 spiro atoms. The van der Waals surface area contributed by atoms with Crippen LogP contribution < -0.4 is 10.2 Å². The van der Waals surface area contributed by atoms with E-state index in [2.05, 4.69) is 5.32 Å². The zero-order valence-corrected chi connectivity index (χ0v) is 11.3. The van der Waals surface area contributed by atoms with Gasteiger partial charge in [-0.3, -0.25) is 15.0 Å². The second-order valence-corrected chi connectivity index (χ2v) is 5.17. The third-order valence-corrected chi connectivity index (χ3v) is 2.32. The highest BCUT2D eigenvalue weighted by atomic mass is 16.6. The summed E-state index contributed by atoms with van der Waals surface area (Å²) in [4.78, 5) is 23.2. The fourth-order valence-corrected chi connectivity index (χ4v) is 1.41. The number of nitro benzene ring substituents is 1. The predicted molar refractivity (Wildman–Crippen MR) is 71.4 cm³/mol. The largest absolute Gasteiger partial charge is 0.506 e. The molecular weight excluding hydrogens is 250 g/mol. The summed E-state index contributed by atoms with van der Waals surface area (Å²) in [6.45, 7) is 5.43. The normalized spacial score (nSPS) is 10.9. The lowest BCUT2D eigenvalue weighted by Gasteiger charge is -2.26. The molecule has 0 heterocycles. The summed E-state index contributed by atoms with van der Waals surface area (Å²) < 4.78 is 0. The van der Waals surface area contributed by atoms with Crippen LogP contribution >= 0.6 is 0 Å². The molecule has 2 N–H and O–H groups in total. The summed E-state index contributed by atoms with van der Waals surface area (Å²) in [5.41, 5.74) is -0.555. The van der Waals surface area contributed by atoms with Crippen LogP contribution in [0.2, 0.25) is 0 Å². The number of carbonyl (C=O) groups excluding carboxylic acids is 1. The lowest BCUT2D eigenvalue weighted by molar-refractivity contribution is -0.384. The standard InChI is InChI=1S/C12H17N3O4/c1-12(2,3)13-11(17)14(4)9-7-8(15(18)19)5-6-10(9)16/h5-7,16H,1-4H3,(H,13,17). The Balaban J connectivity index is 3.05. The molecule has 0 saturated heterocycles. The number of carbonyl (C=O) groups is 1. The molecule has 0 aliphatic heterocycles.